The van der Waals surface area contributed by atoms with Crippen molar-refractivity contribution in [2.75, 3.05) is 56.7 Å². The summed E-state index contributed by atoms with van der Waals surface area (Å²) >= 11 is 1.37. The molecule has 0 saturated carbocycles. The molecule has 4 rings (SSSR count). The largest absolute Gasteiger partial charge is 0.494 e. The molecule has 0 aliphatic carbocycles. The zero-order chi connectivity index (χ0) is 24.0. The van der Waals surface area contributed by atoms with Gasteiger partial charge in [-0.15, -0.1) is 0 Å². The molecule has 0 atom stereocenters. The highest BCUT2D eigenvalue weighted by molar-refractivity contribution is 7.92. The Morgan fingerprint density at radius 3 is 2.68 bits per heavy atom. The number of hydrogen-bond donors (Lipinski definition) is 0. The average Bonchev–Trinajstić information content (AvgIpc) is 3.26. The molecule has 1 saturated heterocycles. The summed E-state index contributed by atoms with van der Waals surface area (Å²) in [5.74, 6) is -0.341. The van der Waals surface area contributed by atoms with Gasteiger partial charge in [0.25, 0.3) is 0 Å². The Bertz CT molecular complexity index is 1210. The molecule has 0 N–H and O–H groups in total. The maximum absolute atomic E-state index is 13.3. The van der Waals surface area contributed by atoms with E-state index in [0.29, 0.717) is 37.9 Å². The second-order valence-electron chi connectivity index (χ2n) is 7.98. The molecule has 0 unspecified atom stereocenters. The van der Waals surface area contributed by atoms with E-state index in [9.17, 15) is 13.2 Å². The lowest BCUT2D eigenvalue weighted by molar-refractivity contribution is -0.116. The number of anilines is 1. The molecular formula is C24H29N3O5S2. The molecule has 3 aromatic rings. The Morgan fingerprint density at radius 1 is 1.18 bits per heavy atom. The van der Waals surface area contributed by atoms with Crippen LogP contribution in [0.15, 0.2) is 53.4 Å². The fourth-order valence-electron chi connectivity index (χ4n) is 3.82. The summed E-state index contributed by atoms with van der Waals surface area (Å²) in [6, 6.07) is 13.7. The molecule has 0 spiro atoms. The van der Waals surface area contributed by atoms with Crippen LogP contribution in [-0.4, -0.2) is 76.0 Å². The Morgan fingerprint density at radius 2 is 1.94 bits per heavy atom. The van der Waals surface area contributed by atoms with E-state index in [1.165, 1.54) is 28.4 Å². The van der Waals surface area contributed by atoms with E-state index in [2.05, 4.69) is 9.88 Å². The molecule has 1 aliphatic rings. The van der Waals surface area contributed by atoms with Gasteiger partial charge < -0.3 is 9.47 Å². The molecular weight excluding hydrogens is 474 g/mol. The lowest BCUT2D eigenvalue weighted by Crippen LogP contribution is -2.40. The summed E-state index contributed by atoms with van der Waals surface area (Å²) in [6.45, 7) is 6.80. The van der Waals surface area contributed by atoms with Crippen LogP contribution in [-0.2, 0) is 19.4 Å². The van der Waals surface area contributed by atoms with Crippen molar-refractivity contribution in [2.45, 2.75) is 18.2 Å². The van der Waals surface area contributed by atoms with Crippen molar-refractivity contribution in [1.82, 2.24) is 9.88 Å². The second-order valence-corrected chi connectivity index (χ2v) is 11.0. The predicted octanol–water partition coefficient (Wildman–Crippen LogP) is 3.22. The van der Waals surface area contributed by atoms with E-state index >= 15 is 0 Å². The van der Waals surface area contributed by atoms with Gasteiger partial charge in [0.1, 0.15) is 11.5 Å². The number of benzene rings is 2. The van der Waals surface area contributed by atoms with Crippen molar-refractivity contribution in [2.24, 2.45) is 0 Å². The van der Waals surface area contributed by atoms with Gasteiger partial charge in [-0.3, -0.25) is 14.6 Å². The Balaban J connectivity index is 1.55. The van der Waals surface area contributed by atoms with Gasteiger partial charge >= 0.3 is 0 Å². The topological polar surface area (TPSA) is 89.0 Å². The van der Waals surface area contributed by atoms with Gasteiger partial charge in [-0.05, 0) is 43.7 Å². The van der Waals surface area contributed by atoms with Crippen molar-refractivity contribution in [3.8, 4) is 5.75 Å². The molecule has 1 fully saturated rings. The fraction of sp³-hybridized carbons (Fsp3) is 0.417. The number of thiazole rings is 1. The van der Waals surface area contributed by atoms with Crippen molar-refractivity contribution in [3.63, 3.8) is 0 Å². The number of hydrogen-bond acceptors (Lipinski definition) is 8. The molecule has 34 heavy (non-hydrogen) atoms. The zero-order valence-electron chi connectivity index (χ0n) is 19.2. The number of ether oxygens (including phenoxy) is 2. The number of fused-ring (bicyclic) bond motifs is 1. The third-order valence-electron chi connectivity index (χ3n) is 5.57. The molecule has 182 valence electrons. The van der Waals surface area contributed by atoms with Gasteiger partial charge in [-0.2, -0.15) is 0 Å². The van der Waals surface area contributed by atoms with E-state index in [4.69, 9.17) is 9.47 Å². The van der Waals surface area contributed by atoms with E-state index in [0.717, 1.165) is 35.6 Å². The van der Waals surface area contributed by atoms with E-state index in [1.54, 1.807) is 18.2 Å². The van der Waals surface area contributed by atoms with Gasteiger partial charge in [0, 0.05) is 26.2 Å². The van der Waals surface area contributed by atoms with Gasteiger partial charge in [0.15, 0.2) is 15.0 Å². The predicted molar refractivity (Wildman–Crippen MR) is 134 cm³/mol. The normalized spacial score (nSPS) is 14.9. The quantitative estimate of drug-likeness (QED) is 0.420. The summed E-state index contributed by atoms with van der Waals surface area (Å²) in [5, 5.41) is 0.499. The first-order valence-corrected chi connectivity index (χ1v) is 13.8. The SMILES string of the molecule is CCOc1ccc2nc(N(CCCN3CCOCC3)C(=O)CS(=O)(=O)c3ccccc3)sc2c1. The van der Waals surface area contributed by atoms with Crippen LogP contribution in [0.5, 0.6) is 5.75 Å². The number of carbonyl (C=O) groups excluding carboxylic acids is 1. The van der Waals surface area contributed by atoms with Crippen LogP contribution >= 0.6 is 11.3 Å². The van der Waals surface area contributed by atoms with Crippen molar-refractivity contribution >= 4 is 42.4 Å². The highest BCUT2D eigenvalue weighted by Crippen LogP contribution is 2.32. The van der Waals surface area contributed by atoms with E-state index < -0.39 is 21.5 Å². The molecule has 1 aromatic heterocycles. The monoisotopic (exact) mass is 503 g/mol. The summed E-state index contributed by atoms with van der Waals surface area (Å²) in [7, 11) is -3.76. The first-order valence-electron chi connectivity index (χ1n) is 11.4. The van der Waals surface area contributed by atoms with E-state index in [-0.39, 0.29) is 4.90 Å². The number of carbonyl (C=O) groups is 1. The Hall–Kier alpha value is -2.53. The van der Waals surface area contributed by atoms with Crippen LogP contribution < -0.4 is 9.64 Å². The minimum Gasteiger partial charge on any atom is -0.494 e. The van der Waals surface area contributed by atoms with Gasteiger partial charge in [0.05, 0.1) is 34.9 Å². The molecule has 1 amide bonds. The highest BCUT2D eigenvalue weighted by atomic mass is 32.2. The molecule has 0 bridgehead atoms. The lowest BCUT2D eigenvalue weighted by Gasteiger charge is -2.27. The van der Waals surface area contributed by atoms with Crippen LogP contribution in [0.3, 0.4) is 0 Å². The van der Waals surface area contributed by atoms with Crippen LogP contribution in [0.1, 0.15) is 13.3 Å². The highest BCUT2D eigenvalue weighted by Gasteiger charge is 2.26. The van der Waals surface area contributed by atoms with Crippen LogP contribution in [0.4, 0.5) is 5.13 Å². The van der Waals surface area contributed by atoms with Crippen LogP contribution in [0, 0.1) is 0 Å². The Kier molecular flexibility index (Phi) is 8.15. The van der Waals surface area contributed by atoms with Crippen molar-refractivity contribution in [1.29, 1.82) is 0 Å². The maximum atomic E-state index is 13.3. The number of nitrogens with zero attached hydrogens (tertiary/aromatic N) is 3. The number of amides is 1. The summed E-state index contributed by atoms with van der Waals surface area (Å²) in [6.07, 6.45) is 0.706. The molecule has 8 nitrogen and oxygen atoms in total. The van der Waals surface area contributed by atoms with Crippen LogP contribution in [0.25, 0.3) is 10.2 Å². The van der Waals surface area contributed by atoms with E-state index in [1.807, 2.05) is 25.1 Å². The Labute approximate surface area is 204 Å². The number of rotatable bonds is 10. The minimum atomic E-state index is -3.76. The summed E-state index contributed by atoms with van der Waals surface area (Å²) < 4.78 is 37.6. The number of sulfone groups is 1. The van der Waals surface area contributed by atoms with Gasteiger partial charge in [0.2, 0.25) is 5.91 Å². The number of aromatic nitrogens is 1. The fourth-order valence-corrected chi connectivity index (χ4v) is 6.08. The standard InChI is InChI=1S/C24H29N3O5S2/c1-2-32-19-9-10-21-22(17-19)33-24(25-21)27(12-6-11-26-13-15-31-16-14-26)23(28)18-34(29,30)20-7-4-3-5-8-20/h3-5,7-10,17H,2,6,11-16,18H2,1H3. The smallest absolute Gasteiger partial charge is 0.244 e. The second kappa shape index (κ2) is 11.3. The first-order chi connectivity index (χ1) is 16.5. The molecule has 1 aliphatic heterocycles. The first kappa shape index (κ1) is 24.6. The van der Waals surface area contributed by atoms with Gasteiger partial charge in [-0.25, -0.2) is 13.4 Å². The summed E-state index contributed by atoms with van der Waals surface area (Å²) in [4.78, 5) is 21.9. The molecule has 2 aromatic carbocycles. The zero-order valence-corrected chi connectivity index (χ0v) is 20.8. The third kappa shape index (κ3) is 6.12. The van der Waals surface area contributed by atoms with Crippen LogP contribution in [0.2, 0.25) is 0 Å². The third-order valence-corrected chi connectivity index (χ3v) is 8.23. The minimum absolute atomic E-state index is 0.141. The summed E-state index contributed by atoms with van der Waals surface area (Å²) in [5.41, 5.74) is 0.750. The number of morpholine rings is 1. The average molecular weight is 504 g/mol. The van der Waals surface area contributed by atoms with Crippen molar-refractivity contribution in [3.05, 3.63) is 48.5 Å². The lowest BCUT2D eigenvalue weighted by atomic mass is 10.3. The molecule has 10 heteroatoms. The molecule has 2 heterocycles. The van der Waals surface area contributed by atoms with Crippen molar-refractivity contribution < 1.29 is 22.7 Å². The maximum Gasteiger partial charge on any atom is 0.244 e. The molecule has 0 radical (unpaired) electrons. The van der Waals surface area contributed by atoms with Gasteiger partial charge in [-0.1, -0.05) is 29.5 Å².